The van der Waals surface area contributed by atoms with Gasteiger partial charge in [0.15, 0.2) is 0 Å². The van der Waals surface area contributed by atoms with Crippen LogP contribution in [-0.2, 0) is 4.79 Å². The van der Waals surface area contributed by atoms with Crippen LogP contribution in [0.2, 0.25) is 0 Å². The van der Waals surface area contributed by atoms with E-state index >= 15 is 0 Å². The van der Waals surface area contributed by atoms with Gasteiger partial charge in [0, 0.05) is 17.4 Å². The van der Waals surface area contributed by atoms with Crippen molar-refractivity contribution < 1.29 is 9.53 Å². The van der Waals surface area contributed by atoms with E-state index in [0.29, 0.717) is 0 Å². The van der Waals surface area contributed by atoms with E-state index in [2.05, 4.69) is 23.6 Å². The molecule has 3 aromatic carbocycles. The lowest BCUT2D eigenvalue weighted by molar-refractivity contribution is -0.114. The maximum atomic E-state index is 12.2. The van der Waals surface area contributed by atoms with Gasteiger partial charge in [0.25, 0.3) is 0 Å². The van der Waals surface area contributed by atoms with Gasteiger partial charge in [-0.05, 0) is 48.4 Å². The fourth-order valence-electron chi connectivity index (χ4n) is 2.65. The number of fused-ring (bicyclic) bond motifs is 1. The maximum Gasteiger partial charge on any atom is 0.243 e. The number of rotatable bonds is 7. The predicted octanol–water partition coefficient (Wildman–Crippen LogP) is 5.07. The molecule has 0 aliphatic carbocycles. The highest BCUT2D eigenvalue weighted by Gasteiger charge is 2.05. The maximum absolute atomic E-state index is 12.2. The lowest BCUT2D eigenvalue weighted by atomic mass is 10.1. The Bertz CT molecular complexity index is 892. The van der Waals surface area contributed by atoms with Crippen molar-refractivity contribution in [3.8, 4) is 5.75 Å². The second-order valence-corrected chi connectivity index (χ2v) is 6.33. The summed E-state index contributed by atoms with van der Waals surface area (Å²) in [6, 6.07) is 21.7. The van der Waals surface area contributed by atoms with E-state index in [1.165, 1.54) is 0 Å². The molecule has 1 atom stereocenters. The average molecular weight is 348 g/mol. The van der Waals surface area contributed by atoms with Gasteiger partial charge in [0.2, 0.25) is 5.91 Å². The van der Waals surface area contributed by atoms with E-state index in [4.69, 9.17) is 4.74 Å². The smallest absolute Gasteiger partial charge is 0.243 e. The Balaban J connectivity index is 1.57. The lowest BCUT2D eigenvalue weighted by Crippen LogP contribution is -2.21. The first-order chi connectivity index (χ1) is 12.6. The van der Waals surface area contributed by atoms with Crippen LogP contribution in [0.15, 0.2) is 66.7 Å². The van der Waals surface area contributed by atoms with Gasteiger partial charge in [-0.25, -0.2) is 0 Å². The first-order valence-electron chi connectivity index (χ1n) is 8.93. The van der Waals surface area contributed by atoms with Crippen LogP contribution >= 0.6 is 0 Å². The van der Waals surface area contributed by atoms with Crippen molar-refractivity contribution in [2.45, 2.75) is 26.4 Å². The summed E-state index contributed by atoms with van der Waals surface area (Å²) in [7, 11) is 0. The van der Waals surface area contributed by atoms with Crippen LogP contribution in [0, 0.1) is 0 Å². The number of hydrogen-bond acceptors (Lipinski definition) is 3. The Labute approximate surface area is 154 Å². The molecule has 0 aromatic heterocycles. The van der Waals surface area contributed by atoms with E-state index in [0.717, 1.165) is 34.3 Å². The van der Waals surface area contributed by atoms with Crippen molar-refractivity contribution >= 4 is 28.1 Å². The number of amides is 1. The van der Waals surface area contributed by atoms with Crippen LogP contribution in [0.5, 0.6) is 5.75 Å². The van der Waals surface area contributed by atoms with Gasteiger partial charge >= 0.3 is 0 Å². The number of nitrogens with one attached hydrogen (secondary N) is 2. The van der Waals surface area contributed by atoms with E-state index in [9.17, 15) is 4.79 Å². The van der Waals surface area contributed by atoms with E-state index in [-0.39, 0.29) is 18.6 Å². The Morgan fingerprint density at radius 3 is 2.58 bits per heavy atom. The fourth-order valence-corrected chi connectivity index (χ4v) is 2.65. The fraction of sp³-hybridized carbons (Fsp3) is 0.227. The summed E-state index contributed by atoms with van der Waals surface area (Å²) in [5.74, 6) is 0.716. The molecule has 3 aromatic rings. The number of carbonyl (C=O) groups is 1. The van der Waals surface area contributed by atoms with Gasteiger partial charge in [-0.15, -0.1) is 0 Å². The van der Waals surface area contributed by atoms with Crippen LogP contribution in [0.4, 0.5) is 11.4 Å². The average Bonchev–Trinajstić information content (AvgIpc) is 2.66. The molecule has 0 saturated carbocycles. The summed E-state index contributed by atoms with van der Waals surface area (Å²) < 4.78 is 5.81. The number of anilines is 2. The van der Waals surface area contributed by atoms with Gasteiger partial charge in [-0.3, -0.25) is 4.79 Å². The Morgan fingerprint density at radius 1 is 0.962 bits per heavy atom. The molecule has 0 aliphatic heterocycles. The Morgan fingerprint density at radius 2 is 1.77 bits per heavy atom. The molecule has 0 fully saturated rings. The third-order valence-electron chi connectivity index (χ3n) is 4.23. The minimum Gasteiger partial charge on any atom is -0.491 e. The van der Waals surface area contributed by atoms with Crippen molar-refractivity contribution in [1.82, 2.24) is 0 Å². The molecule has 0 heterocycles. The largest absolute Gasteiger partial charge is 0.491 e. The molecule has 2 N–H and O–H groups in total. The molecule has 0 spiro atoms. The zero-order valence-electron chi connectivity index (χ0n) is 15.2. The minimum absolute atomic E-state index is 0.0893. The molecule has 1 unspecified atom stereocenters. The summed E-state index contributed by atoms with van der Waals surface area (Å²) in [6.07, 6.45) is 1.12. The first-order valence-corrected chi connectivity index (χ1v) is 8.93. The molecule has 4 heteroatoms. The van der Waals surface area contributed by atoms with Crippen LogP contribution in [-0.4, -0.2) is 18.6 Å². The highest BCUT2D eigenvalue weighted by Crippen LogP contribution is 2.20. The molecule has 134 valence electrons. The monoisotopic (exact) mass is 348 g/mol. The second kappa shape index (κ2) is 8.39. The van der Waals surface area contributed by atoms with Crippen LogP contribution < -0.4 is 15.4 Å². The van der Waals surface area contributed by atoms with Crippen molar-refractivity contribution in [2.75, 3.05) is 17.2 Å². The molecule has 0 radical (unpaired) electrons. The van der Waals surface area contributed by atoms with Crippen LogP contribution in [0.25, 0.3) is 10.8 Å². The van der Waals surface area contributed by atoms with E-state index < -0.39 is 0 Å². The molecular weight excluding hydrogens is 324 g/mol. The summed E-state index contributed by atoms with van der Waals surface area (Å²) >= 11 is 0. The number of hydrogen-bond donors (Lipinski definition) is 2. The van der Waals surface area contributed by atoms with Gasteiger partial charge in [0.1, 0.15) is 5.75 Å². The molecule has 3 rings (SSSR count). The van der Waals surface area contributed by atoms with Gasteiger partial charge in [-0.1, -0.05) is 43.3 Å². The van der Waals surface area contributed by atoms with Crippen molar-refractivity contribution in [3.05, 3.63) is 66.7 Å². The van der Waals surface area contributed by atoms with Crippen molar-refractivity contribution in [3.63, 3.8) is 0 Å². The topological polar surface area (TPSA) is 50.4 Å². The third kappa shape index (κ3) is 4.76. The van der Waals surface area contributed by atoms with Crippen molar-refractivity contribution in [1.29, 1.82) is 0 Å². The quantitative estimate of drug-likeness (QED) is 0.627. The third-order valence-corrected chi connectivity index (χ3v) is 4.23. The van der Waals surface area contributed by atoms with Crippen LogP contribution in [0.1, 0.15) is 20.3 Å². The molecule has 1 amide bonds. The van der Waals surface area contributed by atoms with E-state index in [1.807, 2.05) is 67.6 Å². The molecule has 0 bridgehead atoms. The van der Waals surface area contributed by atoms with E-state index in [1.54, 1.807) is 0 Å². The lowest BCUT2D eigenvalue weighted by Gasteiger charge is -2.14. The number of carbonyl (C=O) groups excluding carboxylic acids is 1. The summed E-state index contributed by atoms with van der Waals surface area (Å²) in [6.45, 7) is 4.32. The minimum atomic E-state index is -0.0893. The standard InChI is InChI=1S/C22H24N2O2/c1-3-16(2)26-21-10-6-9-19(14-21)23-15-22(25)24-20-12-11-17-7-4-5-8-18(17)13-20/h4-14,16,23H,3,15H2,1-2H3,(H,24,25). The number of ether oxygens (including phenoxy) is 1. The normalized spacial score (nSPS) is 11.8. The highest BCUT2D eigenvalue weighted by atomic mass is 16.5. The predicted molar refractivity (Wildman–Crippen MR) is 108 cm³/mol. The highest BCUT2D eigenvalue weighted by molar-refractivity contribution is 5.96. The van der Waals surface area contributed by atoms with Crippen LogP contribution in [0.3, 0.4) is 0 Å². The zero-order chi connectivity index (χ0) is 18.4. The number of benzene rings is 3. The van der Waals surface area contributed by atoms with Gasteiger partial charge in [-0.2, -0.15) is 0 Å². The molecular formula is C22H24N2O2. The summed E-state index contributed by atoms with van der Waals surface area (Å²) in [5.41, 5.74) is 1.66. The van der Waals surface area contributed by atoms with Gasteiger partial charge < -0.3 is 15.4 Å². The zero-order valence-corrected chi connectivity index (χ0v) is 15.2. The Kier molecular flexibility index (Phi) is 5.74. The Hall–Kier alpha value is -3.01. The van der Waals surface area contributed by atoms with Crippen molar-refractivity contribution in [2.24, 2.45) is 0 Å². The van der Waals surface area contributed by atoms with Gasteiger partial charge in [0.05, 0.1) is 12.6 Å². The SMILES string of the molecule is CCC(C)Oc1cccc(NCC(=O)Nc2ccc3ccccc3c2)c1. The molecule has 0 saturated heterocycles. The first kappa shape index (κ1) is 17.8. The summed E-state index contributed by atoms with van der Waals surface area (Å²) in [4.78, 5) is 12.2. The molecule has 4 nitrogen and oxygen atoms in total. The molecule has 0 aliphatic rings. The second-order valence-electron chi connectivity index (χ2n) is 6.33. The summed E-state index contributed by atoms with van der Waals surface area (Å²) in [5, 5.41) is 8.33. The molecule has 26 heavy (non-hydrogen) atoms.